The van der Waals surface area contributed by atoms with Crippen molar-refractivity contribution in [2.45, 2.75) is 51.4 Å². The Morgan fingerprint density at radius 1 is 1.27 bits per heavy atom. The minimum absolute atomic E-state index is 0. The van der Waals surface area contributed by atoms with Crippen LogP contribution >= 0.6 is 24.0 Å². The number of nitrogens with zero attached hydrogens (tertiary/aromatic N) is 2. The van der Waals surface area contributed by atoms with Crippen molar-refractivity contribution >= 4 is 29.9 Å². The van der Waals surface area contributed by atoms with Crippen molar-refractivity contribution in [3.63, 3.8) is 0 Å². The largest absolute Gasteiger partial charge is 0.468 e. The summed E-state index contributed by atoms with van der Waals surface area (Å²) in [5, 5.41) is 6.61. The van der Waals surface area contributed by atoms with Crippen molar-refractivity contribution in [2.75, 3.05) is 13.7 Å². The van der Waals surface area contributed by atoms with Crippen LogP contribution in [-0.4, -0.2) is 36.8 Å². The summed E-state index contributed by atoms with van der Waals surface area (Å²) >= 11 is 0. The molecule has 0 aliphatic heterocycles. The average molecular weight is 486 g/mol. The minimum Gasteiger partial charge on any atom is -0.468 e. The van der Waals surface area contributed by atoms with E-state index in [4.69, 9.17) is 0 Å². The van der Waals surface area contributed by atoms with Crippen molar-refractivity contribution in [3.05, 3.63) is 23.9 Å². The Morgan fingerprint density at radius 3 is 2.50 bits per heavy atom. The molecule has 1 aromatic rings. The van der Waals surface area contributed by atoms with Gasteiger partial charge in [-0.15, -0.1) is 24.0 Å². The Hall–Kier alpha value is -1.26. The highest BCUT2D eigenvalue weighted by Gasteiger charge is 2.28. The van der Waals surface area contributed by atoms with Gasteiger partial charge in [0, 0.05) is 31.9 Å². The standard InChI is InChI=1S/C17H25F3N4O.HI/c1-12-3-6-14(7-4-12)24-16(21-2)23-10-13-5-8-15(22-9-13)25-11-17(18,19)20;/h5,8-9,12,14H,3-4,6-7,10-11H2,1-2H3,(H2,21,23,24);1H. The van der Waals surface area contributed by atoms with Crippen molar-refractivity contribution < 1.29 is 17.9 Å². The number of hydrogen-bond donors (Lipinski definition) is 2. The third kappa shape index (κ3) is 8.41. The Balaban J connectivity index is 0.00000338. The van der Waals surface area contributed by atoms with Crippen LogP contribution in [0.25, 0.3) is 0 Å². The van der Waals surface area contributed by atoms with Crippen LogP contribution in [-0.2, 0) is 6.54 Å². The molecule has 9 heteroatoms. The maximum atomic E-state index is 12.1. The van der Waals surface area contributed by atoms with Gasteiger partial charge in [0.2, 0.25) is 5.88 Å². The van der Waals surface area contributed by atoms with Gasteiger partial charge in [-0.2, -0.15) is 13.2 Å². The number of pyridine rings is 1. The van der Waals surface area contributed by atoms with E-state index in [1.807, 2.05) is 0 Å². The molecule has 0 saturated heterocycles. The number of alkyl halides is 3. The first-order valence-corrected chi connectivity index (χ1v) is 8.47. The van der Waals surface area contributed by atoms with Crippen molar-refractivity contribution in [1.82, 2.24) is 15.6 Å². The van der Waals surface area contributed by atoms with E-state index in [2.05, 4.69) is 32.3 Å². The predicted octanol–water partition coefficient (Wildman–Crippen LogP) is 3.88. The van der Waals surface area contributed by atoms with Crippen LogP contribution in [0.1, 0.15) is 38.2 Å². The normalized spacial score (nSPS) is 20.9. The van der Waals surface area contributed by atoms with Crippen molar-refractivity contribution in [2.24, 2.45) is 10.9 Å². The van der Waals surface area contributed by atoms with Gasteiger partial charge in [-0.25, -0.2) is 4.98 Å². The van der Waals surface area contributed by atoms with E-state index in [1.165, 1.54) is 25.1 Å². The first-order valence-electron chi connectivity index (χ1n) is 8.47. The number of aromatic nitrogens is 1. The zero-order valence-corrected chi connectivity index (χ0v) is 17.3. The maximum Gasteiger partial charge on any atom is 0.422 e. The second kappa shape index (κ2) is 10.8. The average Bonchev–Trinajstić information content (AvgIpc) is 2.59. The molecule has 1 saturated carbocycles. The van der Waals surface area contributed by atoms with E-state index in [-0.39, 0.29) is 29.9 Å². The molecule has 1 aliphatic rings. The maximum absolute atomic E-state index is 12.1. The number of nitrogens with one attached hydrogen (secondary N) is 2. The Bertz CT molecular complexity index is 558. The summed E-state index contributed by atoms with van der Waals surface area (Å²) in [4.78, 5) is 8.10. The fraction of sp³-hybridized carbons (Fsp3) is 0.647. The smallest absolute Gasteiger partial charge is 0.422 e. The molecule has 2 N–H and O–H groups in total. The summed E-state index contributed by atoms with van der Waals surface area (Å²) in [5.41, 5.74) is 0.833. The molecule has 148 valence electrons. The first kappa shape index (κ1) is 22.8. The molecule has 0 amide bonds. The van der Waals surface area contributed by atoms with Gasteiger partial charge < -0.3 is 15.4 Å². The van der Waals surface area contributed by atoms with Crippen LogP contribution in [0.2, 0.25) is 0 Å². The summed E-state index contributed by atoms with van der Waals surface area (Å²) in [5.74, 6) is 1.47. The van der Waals surface area contributed by atoms with Crippen LogP contribution in [0.5, 0.6) is 5.88 Å². The molecule has 1 heterocycles. The highest BCUT2D eigenvalue weighted by Crippen LogP contribution is 2.23. The van der Waals surface area contributed by atoms with Gasteiger partial charge in [-0.05, 0) is 37.2 Å². The van der Waals surface area contributed by atoms with Crippen LogP contribution in [0.15, 0.2) is 23.3 Å². The van der Waals surface area contributed by atoms with E-state index >= 15 is 0 Å². The third-order valence-electron chi connectivity index (χ3n) is 4.22. The van der Waals surface area contributed by atoms with Gasteiger partial charge in [-0.3, -0.25) is 4.99 Å². The van der Waals surface area contributed by atoms with Gasteiger partial charge in [0.25, 0.3) is 0 Å². The zero-order chi connectivity index (χ0) is 18.3. The molecule has 2 rings (SSSR count). The fourth-order valence-electron chi connectivity index (χ4n) is 2.73. The van der Waals surface area contributed by atoms with Crippen LogP contribution in [0.4, 0.5) is 13.2 Å². The van der Waals surface area contributed by atoms with E-state index < -0.39 is 12.8 Å². The van der Waals surface area contributed by atoms with Crippen molar-refractivity contribution in [3.8, 4) is 5.88 Å². The molecular weight excluding hydrogens is 460 g/mol. The Morgan fingerprint density at radius 2 is 1.96 bits per heavy atom. The second-order valence-corrected chi connectivity index (χ2v) is 6.44. The van der Waals surface area contributed by atoms with Crippen LogP contribution in [0, 0.1) is 5.92 Å². The lowest BCUT2D eigenvalue weighted by Gasteiger charge is -2.28. The predicted molar refractivity (Wildman–Crippen MR) is 106 cm³/mol. The Kier molecular flexibility index (Phi) is 9.45. The number of aliphatic imine (C=N–C) groups is 1. The van der Waals surface area contributed by atoms with E-state index in [0.717, 1.165) is 30.3 Å². The van der Waals surface area contributed by atoms with Crippen molar-refractivity contribution in [1.29, 1.82) is 0 Å². The summed E-state index contributed by atoms with van der Waals surface area (Å²) < 4.78 is 40.9. The molecule has 1 aromatic heterocycles. The fourth-order valence-corrected chi connectivity index (χ4v) is 2.73. The monoisotopic (exact) mass is 486 g/mol. The number of halogens is 4. The second-order valence-electron chi connectivity index (χ2n) is 6.44. The Labute approximate surface area is 169 Å². The molecule has 0 spiro atoms. The molecule has 5 nitrogen and oxygen atoms in total. The topological polar surface area (TPSA) is 58.5 Å². The quantitative estimate of drug-likeness (QED) is 0.377. The zero-order valence-electron chi connectivity index (χ0n) is 15.0. The van der Waals surface area contributed by atoms with Gasteiger partial charge in [-0.1, -0.05) is 13.0 Å². The molecule has 0 bridgehead atoms. The SMILES string of the molecule is CN=C(NCc1ccc(OCC(F)(F)F)nc1)NC1CCC(C)CC1.I. The van der Waals surface area contributed by atoms with Gasteiger partial charge in [0.15, 0.2) is 12.6 Å². The van der Waals surface area contributed by atoms with Gasteiger partial charge >= 0.3 is 6.18 Å². The molecule has 0 unspecified atom stereocenters. The molecule has 0 aromatic carbocycles. The van der Waals surface area contributed by atoms with E-state index in [9.17, 15) is 13.2 Å². The minimum atomic E-state index is -4.36. The number of hydrogen-bond acceptors (Lipinski definition) is 3. The molecule has 26 heavy (non-hydrogen) atoms. The third-order valence-corrected chi connectivity index (χ3v) is 4.22. The van der Waals surface area contributed by atoms with E-state index in [0.29, 0.717) is 12.6 Å². The van der Waals surface area contributed by atoms with Crippen LogP contribution in [0.3, 0.4) is 0 Å². The molecular formula is C17H26F3IN4O. The molecule has 1 aliphatic carbocycles. The summed E-state index contributed by atoms with van der Waals surface area (Å²) in [7, 11) is 1.72. The summed E-state index contributed by atoms with van der Waals surface area (Å²) in [6, 6.07) is 3.54. The lowest BCUT2D eigenvalue weighted by Crippen LogP contribution is -2.44. The van der Waals surface area contributed by atoms with Gasteiger partial charge in [0.1, 0.15) is 0 Å². The number of rotatable bonds is 5. The molecule has 0 radical (unpaired) electrons. The highest BCUT2D eigenvalue weighted by molar-refractivity contribution is 14.0. The van der Waals surface area contributed by atoms with Crippen LogP contribution < -0.4 is 15.4 Å². The first-order chi connectivity index (χ1) is 11.9. The molecule has 1 fully saturated rings. The summed E-state index contributed by atoms with van der Waals surface area (Å²) in [6.07, 6.45) is 1.84. The highest BCUT2D eigenvalue weighted by atomic mass is 127. The summed E-state index contributed by atoms with van der Waals surface area (Å²) in [6.45, 7) is 1.42. The molecule has 0 atom stereocenters. The van der Waals surface area contributed by atoms with Gasteiger partial charge in [0.05, 0.1) is 0 Å². The number of guanidine groups is 1. The lowest BCUT2D eigenvalue weighted by atomic mass is 9.87. The van der Waals surface area contributed by atoms with E-state index in [1.54, 1.807) is 13.1 Å². The number of ether oxygens (including phenoxy) is 1. The lowest BCUT2D eigenvalue weighted by molar-refractivity contribution is -0.154.